The number of carbonyl (C=O) groups is 1. The summed E-state index contributed by atoms with van der Waals surface area (Å²) in [6.07, 6.45) is 6.27. The van der Waals surface area contributed by atoms with Crippen LogP contribution in [0.4, 0.5) is 11.5 Å². The van der Waals surface area contributed by atoms with Crippen LogP contribution in [-0.4, -0.2) is 25.3 Å². The predicted octanol–water partition coefficient (Wildman–Crippen LogP) is 5.44. The van der Waals surface area contributed by atoms with Gasteiger partial charge in [0.05, 0.1) is 17.4 Å². The summed E-state index contributed by atoms with van der Waals surface area (Å²) in [5.74, 6) is 1.50. The van der Waals surface area contributed by atoms with Gasteiger partial charge in [-0.1, -0.05) is 48.0 Å². The van der Waals surface area contributed by atoms with Crippen molar-refractivity contribution in [2.45, 2.75) is 19.8 Å². The van der Waals surface area contributed by atoms with Crippen LogP contribution in [0.15, 0.2) is 85.3 Å². The third-order valence-electron chi connectivity index (χ3n) is 5.71. The van der Waals surface area contributed by atoms with Crippen LogP contribution in [0.2, 0.25) is 0 Å². The van der Waals surface area contributed by atoms with Gasteiger partial charge in [-0.2, -0.15) is 0 Å². The first kappa shape index (κ1) is 21.5. The van der Waals surface area contributed by atoms with Crippen molar-refractivity contribution in [1.29, 1.82) is 0 Å². The molecule has 0 spiro atoms. The number of anilines is 2. The summed E-state index contributed by atoms with van der Waals surface area (Å²) in [5.41, 5.74) is 6.65. The SMILES string of the molecule is Cc1cccc(CC(=O)Cc2cccc(-c3nc(Nc4cccnc4)c4c(ccn4C)n3)c2)c1. The van der Waals surface area contributed by atoms with Crippen molar-refractivity contribution in [1.82, 2.24) is 19.5 Å². The van der Waals surface area contributed by atoms with Crippen LogP contribution in [0.5, 0.6) is 0 Å². The fourth-order valence-electron chi connectivity index (χ4n) is 4.14. The smallest absolute Gasteiger partial charge is 0.162 e. The minimum atomic E-state index is 0.182. The van der Waals surface area contributed by atoms with E-state index in [0.29, 0.717) is 24.5 Å². The lowest BCUT2D eigenvalue weighted by atomic mass is 10.0. The van der Waals surface area contributed by atoms with Gasteiger partial charge in [0.1, 0.15) is 11.3 Å². The number of Topliss-reactive ketones (excluding diaryl/α,β-unsaturated/α-hetero) is 1. The van der Waals surface area contributed by atoms with Crippen LogP contribution < -0.4 is 5.32 Å². The molecule has 2 aromatic carbocycles. The lowest BCUT2D eigenvalue weighted by Crippen LogP contribution is -2.07. The number of ketones is 1. The minimum Gasteiger partial charge on any atom is -0.346 e. The highest BCUT2D eigenvalue weighted by Crippen LogP contribution is 2.28. The molecule has 0 fully saturated rings. The number of hydrogen-bond acceptors (Lipinski definition) is 5. The molecule has 6 nitrogen and oxygen atoms in total. The van der Waals surface area contributed by atoms with Crippen LogP contribution in [0, 0.1) is 6.92 Å². The molecule has 168 valence electrons. The van der Waals surface area contributed by atoms with E-state index in [1.165, 1.54) is 0 Å². The third-order valence-corrected chi connectivity index (χ3v) is 5.71. The normalized spacial score (nSPS) is 11.0. The molecule has 0 atom stereocenters. The monoisotopic (exact) mass is 447 g/mol. The number of carbonyl (C=O) groups excluding carboxylic acids is 1. The zero-order valence-corrected chi connectivity index (χ0v) is 19.2. The van der Waals surface area contributed by atoms with Crippen molar-refractivity contribution in [3.63, 3.8) is 0 Å². The molecule has 3 heterocycles. The maximum atomic E-state index is 12.7. The number of benzene rings is 2. The second-order valence-electron chi connectivity index (χ2n) is 8.50. The Bertz CT molecular complexity index is 1470. The summed E-state index contributed by atoms with van der Waals surface area (Å²) < 4.78 is 2.00. The molecule has 5 rings (SSSR count). The van der Waals surface area contributed by atoms with E-state index in [2.05, 4.69) is 16.4 Å². The van der Waals surface area contributed by atoms with Crippen molar-refractivity contribution in [3.8, 4) is 11.4 Å². The van der Waals surface area contributed by atoms with E-state index in [1.54, 1.807) is 12.4 Å². The average Bonchev–Trinajstić information content (AvgIpc) is 3.21. The summed E-state index contributed by atoms with van der Waals surface area (Å²) in [5, 5.41) is 3.37. The molecule has 34 heavy (non-hydrogen) atoms. The molecule has 0 aliphatic rings. The Labute approximate surface area is 198 Å². The molecular weight excluding hydrogens is 422 g/mol. The molecule has 0 aliphatic heterocycles. The number of aromatic nitrogens is 4. The number of fused-ring (bicyclic) bond motifs is 1. The number of hydrogen-bond donors (Lipinski definition) is 1. The first-order chi connectivity index (χ1) is 16.5. The molecular formula is C28H25N5O. The summed E-state index contributed by atoms with van der Waals surface area (Å²) >= 11 is 0. The maximum Gasteiger partial charge on any atom is 0.162 e. The van der Waals surface area contributed by atoms with Crippen molar-refractivity contribution in [2.24, 2.45) is 7.05 Å². The van der Waals surface area contributed by atoms with Gasteiger partial charge in [-0.15, -0.1) is 0 Å². The number of aryl methyl sites for hydroxylation is 2. The number of rotatable bonds is 7. The summed E-state index contributed by atoms with van der Waals surface area (Å²) in [7, 11) is 1.97. The zero-order chi connectivity index (χ0) is 23.5. The third kappa shape index (κ3) is 4.71. The lowest BCUT2D eigenvalue weighted by molar-refractivity contribution is -0.117. The molecule has 0 saturated heterocycles. The second-order valence-corrected chi connectivity index (χ2v) is 8.50. The van der Waals surface area contributed by atoms with Gasteiger partial charge in [-0.25, -0.2) is 9.97 Å². The Balaban J connectivity index is 1.43. The molecule has 0 unspecified atom stereocenters. The average molecular weight is 448 g/mol. The first-order valence-electron chi connectivity index (χ1n) is 11.2. The fraction of sp³-hybridized carbons (Fsp3) is 0.143. The molecule has 5 aromatic rings. The van der Waals surface area contributed by atoms with E-state index in [1.807, 2.05) is 85.4 Å². The van der Waals surface area contributed by atoms with E-state index in [9.17, 15) is 4.79 Å². The van der Waals surface area contributed by atoms with Crippen molar-refractivity contribution in [3.05, 3.63) is 102 Å². The predicted molar refractivity (Wildman–Crippen MR) is 135 cm³/mol. The molecule has 3 aromatic heterocycles. The Hall–Kier alpha value is -4.32. The van der Waals surface area contributed by atoms with Gasteiger partial charge in [-0.05, 0) is 42.3 Å². The maximum absolute atomic E-state index is 12.7. The van der Waals surface area contributed by atoms with Gasteiger partial charge in [0, 0.05) is 37.8 Å². The van der Waals surface area contributed by atoms with Gasteiger partial charge in [-0.3, -0.25) is 9.78 Å². The summed E-state index contributed by atoms with van der Waals surface area (Å²) in [6, 6.07) is 21.8. The van der Waals surface area contributed by atoms with Crippen LogP contribution >= 0.6 is 0 Å². The highest BCUT2D eigenvalue weighted by atomic mass is 16.1. The molecule has 1 N–H and O–H groups in total. The van der Waals surface area contributed by atoms with Crippen LogP contribution in [0.3, 0.4) is 0 Å². The Kier molecular flexibility index (Phi) is 5.87. The van der Waals surface area contributed by atoms with Crippen molar-refractivity contribution < 1.29 is 4.79 Å². The quantitative estimate of drug-likeness (QED) is 0.360. The highest BCUT2D eigenvalue weighted by Gasteiger charge is 2.14. The largest absolute Gasteiger partial charge is 0.346 e. The van der Waals surface area contributed by atoms with Crippen LogP contribution in [-0.2, 0) is 24.7 Å². The van der Waals surface area contributed by atoms with Crippen molar-refractivity contribution >= 4 is 28.3 Å². The van der Waals surface area contributed by atoms with E-state index in [4.69, 9.17) is 9.97 Å². The molecule has 0 amide bonds. The standard InChI is InChI=1S/C28H25N5O/c1-19-6-3-7-20(14-19)16-24(34)17-21-8-4-9-22(15-21)27-31-25-11-13-33(2)26(25)28(32-27)30-23-10-5-12-29-18-23/h3-15,18H,16-17H2,1-2H3,(H,30,31,32). The Morgan fingerprint density at radius 1 is 0.941 bits per heavy atom. The molecule has 0 aliphatic carbocycles. The molecule has 0 bridgehead atoms. The van der Waals surface area contributed by atoms with Crippen LogP contribution in [0.1, 0.15) is 16.7 Å². The first-order valence-corrected chi connectivity index (χ1v) is 11.2. The summed E-state index contributed by atoms with van der Waals surface area (Å²) in [4.78, 5) is 26.5. The second kappa shape index (κ2) is 9.27. The van der Waals surface area contributed by atoms with E-state index >= 15 is 0 Å². The van der Waals surface area contributed by atoms with Gasteiger partial charge >= 0.3 is 0 Å². The Morgan fingerprint density at radius 3 is 2.50 bits per heavy atom. The Morgan fingerprint density at radius 2 is 1.74 bits per heavy atom. The van der Waals surface area contributed by atoms with E-state index in [0.717, 1.165) is 39.0 Å². The summed E-state index contributed by atoms with van der Waals surface area (Å²) in [6.45, 7) is 2.04. The zero-order valence-electron chi connectivity index (χ0n) is 19.2. The number of nitrogens with zero attached hydrogens (tertiary/aromatic N) is 4. The molecule has 0 radical (unpaired) electrons. The van der Waals surface area contributed by atoms with Gasteiger partial charge < -0.3 is 9.88 Å². The lowest BCUT2D eigenvalue weighted by Gasteiger charge is -2.11. The number of nitrogens with one attached hydrogen (secondary N) is 1. The van der Waals surface area contributed by atoms with Crippen molar-refractivity contribution in [2.75, 3.05) is 5.32 Å². The van der Waals surface area contributed by atoms with Crippen LogP contribution in [0.25, 0.3) is 22.4 Å². The minimum absolute atomic E-state index is 0.182. The fourth-order valence-corrected chi connectivity index (χ4v) is 4.14. The van der Waals surface area contributed by atoms with Gasteiger partial charge in [0.25, 0.3) is 0 Å². The van der Waals surface area contributed by atoms with Gasteiger partial charge in [0.2, 0.25) is 0 Å². The molecule has 6 heteroatoms. The topological polar surface area (TPSA) is 72.7 Å². The van der Waals surface area contributed by atoms with E-state index < -0.39 is 0 Å². The number of pyridine rings is 1. The molecule has 0 saturated carbocycles. The van der Waals surface area contributed by atoms with E-state index in [-0.39, 0.29) is 5.78 Å². The van der Waals surface area contributed by atoms with Gasteiger partial charge in [0.15, 0.2) is 11.6 Å². The highest BCUT2D eigenvalue weighted by molar-refractivity contribution is 5.90.